The lowest BCUT2D eigenvalue weighted by atomic mass is 10.2. The molecule has 0 atom stereocenters. The predicted octanol–water partition coefficient (Wildman–Crippen LogP) is 4.56. The molecule has 0 aromatic heterocycles. The molecule has 3 nitrogen and oxygen atoms in total. The summed E-state index contributed by atoms with van der Waals surface area (Å²) in [7, 11) is 0. The van der Waals surface area contributed by atoms with E-state index in [1.54, 1.807) is 29.2 Å². The number of halogens is 1. The highest BCUT2D eigenvalue weighted by atomic mass is 79.9. The van der Waals surface area contributed by atoms with Crippen molar-refractivity contribution in [2.45, 2.75) is 6.54 Å². The molecule has 3 rings (SSSR count). The summed E-state index contributed by atoms with van der Waals surface area (Å²) in [5.74, 6) is -0.00948. The molecule has 1 saturated heterocycles. The lowest BCUT2D eigenvalue weighted by Gasteiger charge is -2.14. The molecular weight excluding hydrogens is 394 g/mol. The van der Waals surface area contributed by atoms with Crippen LogP contribution in [0.5, 0.6) is 5.75 Å². The number of benzene rings is 2. The molecular formula is C17H12BrNO2S2. The predicted molar refractivity (Wildman–Crippen MR) is 101 cm³/mol. The summed E-state index contributed by atoms with van der Waals surface area (Å²) in [5, 5.41) is 9.92. The van der Waals surface area contributed by atoms with Gasteiger partial charge in [0.05, 0.1) is 11.4 Å². The molecule has 0 aliphatic carbocycles. The summed E-state index contributed by atoms with van der Waals surface area (Å²) in [6, 6.07) is 14.8. The lowest BCUT2D eigenvalue weighted by molar-refractivity contribution is -0.122. The van der Waals surface area contributed by atoms with E-state index in [1.807, 2.05) is 30.3 Å². The fraction of sp³-hybridized carbons (Fsp3) is 0.0588. The number of amides is 1. The first kappa shape index (κ1) is 16.2. The summed E-state index contributed by atoms with van der Waals surface area (Å²) in [6.07, 6.45) is 1.67. The number of phenols is 1. The number of rotatable bonds is 3. The second-order valence-corrected chi connectivity index (χ2v) is 7.55. The van der Waals surface area contributed by atoms with Gasteiger partial charge in [-0.2, -0.15) is 0 Å². The molecule has 1 aliphatic rings. The molecule has 6 heteroatoms. The molecule has 1 N–H and O–H groups in total. The minimum Gasteiger partial charge on any atom is -0.507 e. The van der Waals surface area contributed by atoms with Gasteiger partial charge in [-0.3, -0.25) is 9.69 Å². The molecule has 1 aliphatic heterocycles. The van der Waals surface area contributed by atoms with E-state index in [9.17, 15) is 9.90 Å². The molecule has 1 amide bonds. The van der Waals surface area contributed by atoms with Crippen LogP contribution in [0.15, 0.2) is 57.9 Å². The first-order chi connectivity index (χ1) is 11.0. The highest BCUT2D eigenvalue weighted by Gasteiger charge is 2.32. The quantitative estimate of drug-likeness (QED) is 0.600. The van der Waals surface area contributed by atoms with E-state index in [1.165, 1.54) is 11.8 Å². The van der Waals surface area contributed by atoms with Crippen molar-refractivity contribution in [1.29, 1.82) is 0 Å². The van der Waals surface area contributed by atoms with E-state index < -0.39 is 0 Å². The summed E-state index contributed by atoms with van der Waals surface area (Å²) >= 11 is 9.94. The van der Waals surface area contributed by atoms with Crippen LogP contribution in [0.4, 0.5) is 0 Å². The van der Waals surface area contributed by atoms with Crippen molar-refractivity contribution in [3.05, 3.63) is 69.0 Å². The molecule has 116 valence electrons. The first-order valence-electron chi connectivity index (χ1n) is 6.82. The number of hydrogen-bond donors (Lipinski definition) is 1. The van der Waals surface area contributed by atoms with Crippen LogP contribution in [0.3, 0.4) is 0 Å². The standard InChI is InChI=1S/C17H12BrNO2S2/c18-13-6-7-14(20)12(8-13)9-15-16(21)19(17(22)23-15)10-11-4-2-1-3-5-11/h1-9,20H,10H2. The molecule has 0 radical (unpaired) electrons. The van der Waals surface area contributed by atoms with Gasteiger partial charge < -0.3 is 5.11 Å². The van der Waals surface area contributed by atoms with Crippen LogP contribution >= 0.6 is 39.9 Å². The van der Waals surface area contributed by atoms with Crippen LogP contribution in [-0.2, 0) is 11.3 Å². The average Bonchev–Trinajstić information content (AvgIpc) is 2.80. The third-order valence-electron chi connectivity index (χ3n) is 3.33. The van der Waals surface area contributed by atoms with Crippen LogP contribution in [-0.4, -0.2) is 20.2 Å². The molecule has 1 fully saturated rings. The van der Waals surface area contributed by atoms with Crippen molar-refractivity contribution in [3.8, 4) is 5.75 Å². The van der Waals surface area contributed by atoms with Crippen molar-refractivity contribution in [1.82, 2.24) is 4.90 Å². The molecule has 2 aromatic rings. The van der Waals surface area contributed by atoms with Gasteiger partial charge in [0, 0.05) is 10.0 Å². The zero-order chi connectivity index (χ0) is 16.4. The third-order valence-corrected chi connectivity index (χ3v) is 5.20. The Kier molecular flexibility index (Phi) is 4.84. The Balaban J connectivity index is 1.86. The molecule has 0 bridgehead atoms. The summed E-state index contributed by atoms with van der Waals surface area (Å²) in [5.41, 5.74) is 1.61. The van der Waals surface area contributed by atoms with Gasteiger partial charge in [-0.25, -0.2) is 0 Å². The van der Waals surface area contributed by atoms with E-state index in [0.717, 1.165) is 10.0 Å². The van der Waals surface area contributed by atoms with Crippen LogP contribution in [0.1, 0.15) is 11.1 Å². The van der Waals surface area contributed by atoms with Crippen molar-refractivity contribution in [2.24, 2.45) is 0 Å². The van der Waals surface area contributed by atoms with E-state index in [-0.39, 0.29) is 11.7 Å². The summed E-state index contributed by atoms with van der Waals surface area (Å²) < 4.78 is 1.36. The van der Waals surface area contributed by atoms with Crippen molar-refractivity contribution in [2.75, 3.05) is 0 Å². The van der Waals surface area contributed by atoms with Crippen LogP contribution in [0.2, 0.25) is 0 Å². The largest absolute Gasteiger partial charge is 0.507 e. The number of aromatic hydroxyl groups is 1. The van der Waals surface area contributed by atoms with E-state index in [2.05, 4.69) is 15.9 Å². The first-order valence-corrected chi connectivity index (χ1v) is 8.84. The topological polar surface area (TPSA) is 40.5 Å². The van der Waals surface area contributed by atoms with Crippen LogP contribution in [0.25, 0.3) is 6.08 Å². The fourth-order valence-corrected chi connectivity index (χ4v) is 3.81. The van der Waals surface area contributed by atoms with Gasteiger partial charge in [-0.05, 0) is 29.8 Å². The molecule has 0 saturated carbocycles. The Morgan fingerprint density at radius 1 is 1.22 bits per heavy atom. The second-order valence-electron chi connectivity index (χ2n) is 4.96. The van der Waals surface area contributed by atoms with Gasteiger partial charge in [-0.1, -0.05) is 70.2 Å². The van der Waals surface area contributed by atoms with Crippen molar-refractivity contribution < 1.29 is 9.90 Å². The molecule has 23 heavy (non-hydrogen) atoms. The zero-order valence-electron chi connectivity index (χ0n) is 11.9. The Morgan fingerprint density at radius 3 is 2.70 bits per heavy atom. The summed E-state index contributed by atoms with van der Waals surface area (Å²) in [6.45, 7) is 0.452. The number of phenolic OH excluding ortho intramolecular Hbond substituents is 1. The van der Waals surface area contributed by atoms with Crippen LogP contribution < -0.4 is 0 Å². The van der Waals surface area contributed by atoms with E-state index in [0.29, 0.717) is 21.3 Å². The number of thioether (sulfide) groups is 1. The minimum absolute atomic E-state index is 0.126. The SMILES string of the molecule is O=C1C(=Cc2cc(Br)ccc2O)SC(=S)N1Cc1ccccc1. The minimum atomic E-state index is -0.136. The maximum Gasteiger partial charge on any atom is 0.266 e. The van der Waals surface area contributed by atoms with E-state index >= 15 is 0 Å². The maximum absolute atomic E-state index is 12.6. The van der Waals surface area contributed by atoms with Gasteiger partial charge in [0.25, 0.3) is 5.91 Å². The van der Waals surface area contributed by atoms with Crippen LogP contribution in [0, 0.1) is 0 Å². The number of hydrogen-bond acceptors (Lipinski definition) is 4. The molecule has 0 spiro atoms. The number of thiocarbonyl (C=S) groups is 1. The summed E-state index contributed by atoms with van der Waals surface area (Å²) in [4.78, 5) is 14.7. The van der Waals surface area contributed by atoms with Crippen molar-refractivity contribution >= 4 is 56.2 Å². The maximum atomic E-state index is 12.6. The van der Waals surface area contributed by atoms with Gasteiger partial charge in [0.15, 0.2) is 0 Å². The Hall–Kier alpha value is -1.63. The number of nitrogens with zero attached hydrogens (tertiary/aromatic N) is 1. The number of carbonyl (C=O) groups is 1. The Morgan fingerprint density at radius 2 is 1.96 bits per heavy atom. The van der Waals surface area contributed by atoms with Crippen molar-refractivity contribution in [3.63, 3.8) is 0 Å². The third kappa shape index (κ3) is 3.65. The van der Waals surface area contributed by atoms with Gasteiger partial charge in [-0.15, -0.1) is 0 Å². The normalized spacial score (nSPS) is 16.4. The van der Waals surface area contributed by atoms with E-state index in [4.69, 9.17) is 12.2 Å². The molecule has 0 unspecified atom stereocenters. The zero-order valence-corrected chi connectivity index (χ0v) is 15.1. The molecule has 1 heterocycles. The molecule has 2 aromatic carbocycles. The lowest BCUT2D eigenvalue weighted by Crippen LogP contribution is -2.27. The average molecular weight is 406 g/mol. The van der Waals surface area contributed by atoms with Gasteiger partial charge in [0.2, 0.25) is 0 Å². The monoisotopic (exact) mass is 405 g/mol. The fourth-order valence-electron chi connectivity index (χ4n) is 2.18. The Labute approximate surface area is 152 Å². The smallest absolute Gasteiger partial charge is 0.266 e. The van der Waals surface area contributed by atoms with Gasteiger partial charge in [0.1, 0.15) is 10.1 Å². The highest BCUT2D eigenvalue weighted by Crippen LogP contribution is 2.35. The highest BCUT2D eigenvalue weighted by molar-refractivity contribution is 9.10. The second kappa shape index (κ2) is 6.86. The Bertz CT molecular complexity index is 805. The van der Waals surface area contributed by atoms with Gasteiger partial charge >= 0.3 is 0 Å². The number of carbonyl (C=O) groups excluding carboxylic acids is 1.